The van der Waals surface area contributed by atoms with Crippen molar-refractivity contribution in [2.45, 2.75) is 13.8 Å². The molecular weight excluding hydrogens is 272 g/mol. The van der Waals surface area contributed by atoms with E-state index in [1.807, 2.05) is 67.6 Å². The summed E-state index contributed by atoms with van der Waals surface area (Å²) in [5, 5.41) is 1.10. The molecule has 0 atom stereocenters. The summed E-state index contributed by atoms with van der Waals surface area (Å²) in [6, 6.07) is 19.4. The van der Waals surface area contributed by atoms with Gasteiger partial charge in [0.25, 0.3) is 0 Å². The van der Waals surface area contributed by atoms with E-state index in [0.29, 0.717) is 11.4 Å². The number of para-hydroxylation sites is 1. The van der Waals surface area contributed by atoms with Crippen LogP contribution in [0.4, 0.5) is 5.82 Å². The van der Waals surface area contributed by atoms with Crippen molar-refractivity contribution < 1.29 is 4.79 Å². The molecule has 0 aliphatic carbocycles. The summed E-state index contributed by atoms with van der Waals surface area (Å²) in [7, 11) is 0. The highest BCUT2D eigenvalue weighted by Gasteiger charge is 2.04. The zero-order valence-electron chi connectivity index (χ0n) is 12.6. The number of nitrogens with zero attached hydrogens (tertiary/aromatic N) is 2. The van der Waals surface area contributed by atoms with Gasteiger partial charge in [-0.15, -0.1) is 0 Å². The normalized spacial score (nSPS) is 11.6. The van der Waals surface area contributed by atoms with Gasteiger partial charge in [-0.25, -0.2) is 9.98 Å². The smallest absolute Gasteiger partial charge is 0.159 e. The molecule has 108 valence electrons. The molecule has 22 heavy (non-hydrogen) atoms. The van der Waals surface area contributed by atoms with Crippen molar-refractivity contribution in [1.29, 1.82) is 0 Å². The van der Waals surface area contributed by atoms with E-state index in [1.165, 1.54) is 0 Å². The number of hydrogen-bond donors (Lipinski definition) is 0. The van der Waals surface area contributed by atoms with Gasteiger partial charge >= 0.3 is 0 Å². The minimum absolute atomic E-state index is 0.0541. The second-order valence-corrected chi connectivity index (χ2v) is 5.20. The van der Waals surface area contributed by atoms with E-state index in [1.54, 1.807) is 6.92 Å². The van der Waals surface area contributed by atoms with Crippen molar-refractivity contribution in [2.75, 3.05) is 0 Å². The summed E-state index contributed by atoms with van der Waals surface area (Å²) in [6.45, 7) is 3.49. The monoisotopic (exact) mass is 288 g/mol. The van der Waals surface area contributed by atoms with Crippen LogP contribution < -0.4 is 0 Å². The molecule has 0 fully saturated rings. The molecule has 2 aromatic carbocycles. The van der Waals surface area contributed by atoms with Crippen molar-refractivity contribution in [3.63, 3.8) is 0 Å². The molecule has 0 N–H and O–H groups in total. The summed E-state index contributed by atoms with van der Waals surface area (Å²) < 4.78 is 0. The number of benzene rings is 2. The Morgan fingerprint density at radius 1 is 0.909 bits per heavy atom. The molecule has 0 saturated carbocycles. The van der Waals surface area contributed by atoms with Gasteiger partial charge in [-0.2, -0.15) is 0 Å². The van der Waals surface area contributed by atoms with Crippen LogP contribution in [-0.4, -0.2) is 16.5 Å². The molecule has 1 aromatic heterocycles. The van der Waals surface area contributed by atoms with Crippen molar-refractivity contribution in [1.82, 2.24) is 4.98 Å². The van der Waals surface area contributed by atoms with Crippen LogP contribution in [0.25, 0.3) is 10.9 Å². The van der Waals surface area contributed by atoms with E-state index >= 15 is 0 Å². The van der Waals surface area contributed by atoms with Crippen LogP contribution in [0.5, 0.6) is 0 Å². The molecule has 0 amide bonds. The Morgan fingerprint density at radius 3 is 2.50 bits per heavy atom. The average molecular weight is 288 g/mol. The number of aromatic nitrogens is 1. The van der Waals surface area contributed by atoms with Gasteiger partial charge in [0.1, 0.15) is 0 Å². The Hall–Kier alpha value is -2.81. The first-order valence-electron chi connectivity index (χ1n) is 7.16. The minimum Gasteiger partial charge on any atom is -0.295 e. The molecule has 0 aliphatic heterocycles. The van der Waals surface area contributed by atoms with E-state index in [2.05, 4.69) is 9.98 Å². The number of pyridine rings is 1. The SMILES string of the molecule is CC(=O)c1cccc(C(C)=Nc2ccc3ccccc3n2)c1. The summed E-state index contributed by atoms with van der Waals surface area (Å²) in [4.78, 5) is 20.6. The minimum atomic E-state index is 0.0541. The molecule has 1 heterocycles. The first-order valence-corrected chi connectivity index (χ1v) is 7.16. The second-order valence-electron chi connectivity index (χ2n) is 5.20. The van der Waals surface area contributed by atoms with E-state index in [9.17, 15) is 4.79 Å². The van der Waals surface area contributed by atoms with E-state index in [0.717, 1.165) is 22.2 Å². The van der Waals surface area contributed by atoms with Crippen molar-refractivity contribution in [2.24, 2.45) is 4.99 Å². The van der Waals surface area contributed by atoms with Crippen LogP contribution in [0, 0.1) is 0 Å². The fourth-order valence-electron chi connectivity index (χ4n) is 2.32. The van der Waals surface area contributed by atoms with Gasteiger partial charge < -0.3 is 0 Å². The number of carbonyl (C=O) groups excluding carboxylic acids is 1. The molecule has 0 unspecified atom stereocenters. The van der Waals surface area contributed by atoms with Crippen molar-refractivity contribution in [3.05, 3.63) is 71.8 Å². The lowest BCUT2D eigenvalue weighted by atomic mass is 10.1. The molecule has 3 aromatic rings. The molecule has 0 radical (unpaired) electrons. The Kier molecular flexibility index (Phi) is 3.79. The van der Waals surface area contributed by atoms with Gasteiger partial charge in [0, 0.05) is 16.7 Å². The Morgan fingerprint density at radius 2 is 1.68 bits per heavy atom. The van der Waals surface area contributed by atoms with Crippen LogP contribution in [0.2, 0.25) is 0 Å². The van der Waals surface area contributed by atoms with Crippen molar-refractivity contribution >= 4 is 28.2 Å². The maximum atomic E-state index is 11.5. The van der Waals surface area contributed by atoms with E-state index in [4.69, 9.17) is 0 Å². The number of fused-ring (bicyclic) bond motifs is 1. The predicted octanol–water partition coefficient (Wildman–Crippen LogP) is 4.58. The highest BCUT2D eigenvalue weighted by atomic mass is 16.1. The molecule has 0 spiro atoms. The highest BCUT2D eigenvalue weighted by molar-refractivity contribution is 6.03. The maximum Gasteiger partial charge on any atom is 0.159 e. The molecule has 0 bridgehead atoms. The molecule has 0 saturated heterocycles. The number of Topliss-reactive ketones (excluding diaryl/α,β-unsaturated/α-hetero) is 1. The van der Waals surface area contributed by atoms with Gasteiger partial charge in [-0.05, 0) is 43.7 Å². The number of rotatable bonds is 3. The second kappa shape index (κ2) is 5.90. The third-order valence-corrected chi connectivity index (χ3v) is 3.55. The third kappa shape index (κ3) is 2.93. The molecule has 3 nitrogen and oxygen atoms in total. The van der Waals surface area contributed by atoms with E-state index in [-0.39, 0.29) is 5.78 Å². The predicted molar refractivity (Wildman–Crippen MR) is 90.1 cm³/mol. The summed E-state index contributed by atoms with van der Waals surface area (Å²) >= 11 is 0. The van der Waals surface area contributed by atoms with Crippen LogP contribution in [-0.2, 0) is 0 Å². The Labute approximate surface area is 129 Å². The van der Waals surface area contributed by atoms with Crippen LogP contribution >= 0.6 is 0 Å². The van der Waals surface area contributed by atoms with Gasteiger partial charge in [0.2, 0.25) is 0 Å². The summed E-state index contributed by atoms with van der Waals surface area (Å²) in [5.41, 5.74) is 3.39. The number of hydrogen-bond acceptors (Lipinski definition) is 3. The van der Waals surface area contributed by atoms with Crippen molar-refractivity contribution in [3.8, 4) is 0 Å². The van der Waals surface area contributed by atoms with Gasteiger partial charge in [0.05, 0.1) is 5.52 Å². The maximum absolute atomic E-state index is 11.5. The van der Waals surface area contributed by atoms with Crippen LogP contribution in [0.3, 0.4) is 0 Å². The first-order chi connectivity index (χ1) is 10.6. The lowest BCUT2D eigenvalue weighted by molar-refractivity contribution is 0.101. The molecule has 0 aliphatic rings. The van der Waals surface area contributed by atoms with Gasteiger partial charge in [-0.3, -0.25) is 4.79 Å². The number of aliphatic imine (C=N–C) groups is 1. The zero-order chi connectivity index (χ0) is 15.5. The molecule has 3 heteroatoms. The van der Waals surface area contributed by atoms with Gasteiger partial charge in [0.15, 0.2) is 11.6 Å². The molecule has 3 rings (SSSR count). The zero-order valence-corrected chi connectivity index (χ0v) is 12.6. The third-order valence-electron chi connectivity index (χ3n) is 3.55. The van der Waals surface area contributed by atoms with E-state index < -0.39 is 0 Å². The quantitative estimate of drug-likeness (QED) is 0.523. The molecular formula is C19H16N2O. The van der Waals surface area contributed by atoms with Gasteiger partial charge in [-0.1, -0.05) is 36.4 Å². The van der Waals surface area contributed by atoms with Crippen LogP contribution in [0.15, 0.2) is 65.7 Å². The Bertz CT molecular complexity index is 881. The Balaban J connectivity index is 1.98. The lowest BCUT2D eigenvalue weighted by Crippen LogP contribution is -1.98. The highest BCUT2D eigenvalue weighted by Crippen LogP contribution is 2.18. The number of ketones is 1. The summed E-state index contributed by atoms with van der Waals surface area (Å²) in [5.74, 6) is 0.725. The first kappa shape index (κ1) is 14.1. The lowest BCUT2D eigenvalue weighted by Gasteiger charge is -2.04. The largest absolute Gasteiger partial charge is 0.295 e. The average Bonchev–Trinajstić information content (AvgIpc) is 2.55. The standard InChI is InChI=1S/C19H16N2O/c1-13(16-7-5-8-17(12-16)14(2)22)20-19-11-10-15-6-3-4-9-18(15)21-19/h3-12H,1-2H3. The number of carbonyl (C=O) groups is 1. The fraction of sp³-hybridized carbons (Fsp3) is 0.105. The topological polar surface area (TPSA) is 42.3 Å². The summed E-state index contributed by atoms with van der Waals surface area (Å²) in [6.07, 6.45) is 0. The van der Waals surface area contributed by atoms with Crippen LogP contribution in [0.1, 0.15) is 29.8 Å². The fourth-order valence-corrected chi connectivity index (χ4v) is 2.32.